The summed E-state index contributed by atoms with van der Waals surface area (Å²) in [5, 5.41) is 3.25. The SMILES string of the molecule is CNC(C)c1ccc(N(C)CCN(C)C)cc1. The summed E-state index contributed by atoms with van der Waals surface area (Å²) in [6.45, 7) is 4.30. The van der Waals surface area contributed by atoms with E-state index in [1.807, 2.05) is 7.05 Å². The van der Waals surface area contributed by atoms with Crippen LogP contribution in [0.25, 0.3) is 0 Å². The Balaban J connectivity index is 2.60. The molecule has 1 rings (SSSR count). The lowest BCUT2D eigenvalue weighted by molar-refractivity contribution is 0.416. The van der Waals surface area contributed by atoms with Crippen LogP contribution in [0.2, 0.25) is 0 Å². The Kier molecular flexibility index (Phi) is 5.45. The van der Waals surface area contributed by atoms with Crippen LogP contribution >= 0.6 is 0 Å². The van der Waals surface area contributed by atoms with Gasteiger partial charge in [-0.3, -0.25) is 0 Å². The molecule has 3 nitrogen and oxygen atoms in total. The molecule has 0 saturated heterocycles. The van der Waals surface area contributed by atoms with Gasteiger partial charge in [-0.05, 0) is 45.8 Å². The number of nitrogens with one attached hydrogen (secondary N) is 1. The average Bonchev–Trinajstić information content (AvgIpc) is 2.35. The summed E-state index contributed by atoms with van der Waals surface area (Å²) in [5.74, 6) is 0. The number of likely N-dealkylation sites (N-methyl/N-ethyl adjacent to an activating group) is 2. The van der Waals surface area contributed by atoms with Gasteiger partial charge in [0, 0.05) is 31.9 Å². The molecule has 0 saturated carbocycles. The van der Waals surface area contributed by atoms with E-state index in [-0.39, 0.29) is 0 Å². The molecule has 96 valence electrons. The lowest BCUT2D eigenvalue weighted by atomic mass is 10.1. The number of anilines is 1. The molecule has 1 aromatic carbocycles. The third-order valence-electron chi connectivity index (χ3n) is 3.15. The van der Waals surface area contributed by atoms with Gasteiger partial charge in [0.05, 0.1) is 0 Å². The standard InChI is InChI=1S/C14H25N3/c1-12(15-2)13-6-8-14(9-7-13)17(5)11-10-16(3)4/h6-9,12,15H,10-11H2,1-5H3. The molecule has 0 spiro atoms. The van der Waals surface area contributed by atoms with E-state index in [2.05, 4.69) is 67.4 Å². The summed E-state index contributed by atoms with van der Waals surface area (Å²) in [5.41, 5.74) is 2.61. The normalized spacial score (nSPS) is 12.8. The molecule has 0 aliphatic carbocycles. The molecule has 0 aliphatic heterocycles. The van der Waals surface area contributed by atoms with Gasteiger partial charge in [0.1, 0.15) is 0 Å². The number of hydrogen-bond acceptors (Lipinski definition) is 3. The van der Waals surface area contributed by atoms with Gasteiger partial charge < -0.3 is 15.1 Å². The molecule has 0 aromatic heterocycles. The van der Waals surface area contributed by atoms with Crippen LogP contribution in [0, 0.1) is 0 Å². The fourth-order valence-corrected chi connectivity index (χ4v) is 1.66. The van der Waals surface area contributed by atoms with E-state index in [4.69, 9.17) is 0 Å². The maximum Gasteiger partial charge on any atom is 0.0364 e. The monoisotopic (exact) mass is 235 g/mol. The van der Waals surface area contributed by atoms with Crippen molar-refractivity contribution in [2.75, 3.05) is 46.2 Å². The van der Waals surface area contributed by atoms with E-state index < -0.39 is 0 Å². The van der Waals surface area contributed by atoms with Crippen molar-refractivity contribution in [3.8, 4) is 0 Å². The molecule has 1 N–H and O–H groups in total. The van der Waals surface area contributed by atoms with Crippen molar-refractivity contribution in [3.05, 3.63) is 29.8 Å². The summed E-state index contributed by atoms with van der Waals surface area (Å²) >= 11 is 0. The summed E-state index contributed by atoms with van der Waals surface area (Å²) in [6.07, 6.45) is 0. The van der Waals surface area contributed by atoms with Crippen molar-refractivity contribution in [2.45, 2.75) is 13.0 Å². The number of benzene rings is 1. The van der Waals surface area contributed by atoms with Crippen LogP contribution in [0.15, 0.2) is 24.3 Å². The van der Waals surface area contributed by atoms with Crippen molar-refractivity contribution < 1.29 is 0 Å². The highest BCUT2D eigenvalue weighted by Crippen LogP contribution is 2.17. The fraction of sp³-hybridized carbons (Fsp3) is 0.571. The van der Waals surface area contributed by atoms with Crippen LogP contribution in [0.1, 0.15) is 18.5 Å². The summed E-state index contributed by atoms with van der Waals surface area (Å²) in [7, 11) is 8.33. The molecule has 1 unspecified atom stereocenters. The molecule has 0 bridgehead atoms. The molecule has 0 amide bonds. The smallest absolute Gasteiger partial charge is 0.0364 e. The van der Waals surface area contributed by atoms with Gasteiger partial charge in [0.2, 0.25) is 0 Å². The van der Waals surface area contributed by atoms with Crippen molar-refractivity contribution in [1.82, 2.24) is 10.2 Å². The Morgan fingerprint density at radius 3 is 2.12 bits per heavy atom. The summed E-state index contributed by atoms with van der Waals surface area (Å²) in [6, 6.07) is 9.19. The zero-order chi connectivity index (χ0) is 12.8. The Labute approximate surface area is 105 Å². The second-order valence-electron chi connectivity index (χ2n) is 4.83. The maximum absolute atomic E-state index is 3.25. The maximum atomic E-state index is 3.25. The van der Waals surface area contributed by atoms with Crippen LogP contribution < -0.4 is 10.2 Å². The first kappa shape index (κ1) is 14.0. The number of nitrogens with zero attached hydrogens (tertiary/aromatic N) is 2. The second kappa shape index (κ2) is 6.62. The van der Waals surface area contributed by atoms with Gasteiger partial charge in [-0.25, -0.2) is 0 Å². The first-order valence-corrected chi connectivity index (χ1v) is 6.17. The van der Waals surface area contributed by atoms with Gasteiger partial charge in [-0.1, -0.05) is 12.1 Å². The van der Waals surface area contributed by atoms with Crippen molar-refractivity contribution in [2.24, 2.45) is 0 Å². The molecule has 17 heavy (non-hydrogen) atoms. The Morgan fingerprint density at radius 2 is 1.65 bits per heavy atom. The quantitative estimate of drug-likeness (QED) is 0.813. The first-order chi connectivity index (χ1) is 8.04. The summed E-state index contributed by atoms with van der Waals surface area (Å²) in [4.78, 5) is 4.49. The van der Waals surface area contributed by atoms with Crippen LogP contribution in [0.4, 0.5) is 5.69 Å². The highest BCUT2D eigenvalue weighted by Gasteiger charge is 2.04. The van der Waals surface area contributed by atoms with Crippen molar-refractivity contribution >= 4 is 5.69 Å². The highest BCUT2D eigenvalue weighted by atomic mass is 15.1. The highest BCUT2D eigenvalue weighted by molar-refractivity contribution is 5.47. The third-order valence-corrected chi connectivity index (χ3v) is 3.15. The van der Waals surface area contributed by atoms with Crippen LogP contribution in [0.5, 0.6) is 0 Å². The zero-order valence-corrected chi connectivity index (χ0v) is 11.7. The largest absolute Gasteiger partial charge is 0.373 e. The molecule has 0 aliphatic rings. The minimum Gasteiger partial charge on any atom is -0.373 e. The van der Waals surface area contributed by atoms with Crippen molar-refractivity contribution in [3.63, 3.8) is 0 Å². The van der Waals surface area contributed by atoms with Crippen LogP contribution in [0.3, 0.4) is 0 Å². The summed E-state index contributed by atoms with van der Waals surface area (Å²) < 4.78 is 0. The van der Waals surface area contributed by atoms with E-state index >= 15 is 0 Å². The second-order valence-corrected chi connectivity index (χ2v) is 4.83. The predicted octanol–water partition coefficient (Wildman–Crippen LogP) is 1.96. The molecule has 0 radical (unpaired) electrons. The zero-order valence-electron chi connectivity index (χ0n) is 11.7. The minimum absolute atomic E-state index is 0.413. The van der Waals surface area contributed by atoms with E-state index in [0.29, 0.717) is 6.04 Å². The van der Waals surface area contributed by atoms with Crippen LogP contribution in [-0.2, 0) is 0 Å². The van der Waals surface area contributed by atoms with Gasteiger partial charge >= 0.3 is 0 Å². The van der Waals surface area contributed by atoms with E-state index in [1.165, 1.54) is 11.3 Å². The lowest BCUT2D eigenvalue weighted by Crippen LogP contribution is -2.28. The van der Waals surface area contributed by atoms with E-state index in [1.54, 1.807) is 0 Å². The first-order valence-electron chi connectivity index (χ1n) is 6.17. The molecule has 1 aromatic rings. The topological polar surface area (TPSA) is 18.5 Å². The third kappa shape index (κ3) is 4.36. The predicted molar refractivity (Wildman–Crippen MR) is 75.7 cm³/mol. The van der Waals surface area contributed by atoms with Crippen LogP contribution in [-0.4, -0.2) is 46.2 Å². The van der Waals surface area contributed by atoms with Gasteiger partial charge in [0.25, 0.3) is 0 Å². The minimum atomic E-state index is 0.413. The molecular weight excluding hydrogens is 210 g/mol. The average molecular weight is 235 g/mol. The molecule has 3 heteroatoms. The van der Waals surface area contributed by atoms with Gasteiger partial charge in [-0.2, -0.15) is 0 Å². The molecule has 0 heterocycles. The molecule has 0 fully saturated rings. The Bertz CT molecular complexity index is 319. The number of hydrogen-bond donors (Lipinski definition) is 1. The molecular formula is C14H25N3. The number of rotatable bonds is 6. The lowest BCUT2D eigenvalue weighted by Gasteiger charge is -2.22. The van der Waals surface area contributed by atoms with E-state index in [0.717, 1.165) is 13.1 Å². The fourth-order valence-electron chi connectivity index (χ4n) is 1.66. The molecule has 1 atom stereocenters. The Hall–Kier alpha value is -1.06. The Morgan fingerprint density at radius 1 is 1.06 bits per heavy atom. The van der Waals surface area contributed by atoms with Gasteiger partial charge in [-0.15, -0.1) is 0 Å². The van der Waals surface area contributed by atoms with Gasteiger partial charge in [0.15, 0.2) is 0 Å². The van der Waals surface area contributed by atoms with E-state index in [9.17, 15) is 0 Å². The van der Waals surface area contributed by atoms with Crippen molar-refractivity contribution in [1.29, 1.82) is 0 Å².